The zero-order valence-electron chi connectivity index (χ0n) is 23.0. The van der Waals surface area contributed by atoms with Gasteiger partial charge < -0.3 is 15.0 Å². The maximum absolute atomic E-state index is 14.8. The third-order valence-corrected chi connectivity index (χ3v) is 8.84. The van der Waals surface area contributed by atoms with Crippen molar-refractivity contribution in [2.24, 2.45) is 5.92 Å². The van der Waals surface area contributed by atoms with Gasteiger partial charge in [-0.2, -0.15) is 0 Å². The van der Waals surface area contributed by atoms with E-state index in [0.29, 0.717) is 22.6 Å². The number of anilines is 1. The summed E-state index contributed by atoms with van der Waals surface area (Å²) >= 11 is 0. The summed E-state index contributed by atoms with van der Waals surface area (Å²) in [5.74, 6) is -1.88. The summed E-state index contributed by atoms with van der Waals surface area (Å²) in [5.41, 5.74) is 1.76. The van der Waals surface area contributed by atoms with Gasteiger partial charge in [0.15, 0.2) is 11.6 Å². The Hall–Kier alpha value is -5.57. The van der Waals surface area contributed by atoms with Gasteiger partial charge in [0.05, 0.1) is 24.0 Å². The van der Waals surface area contributed by atoms with Gasteiger partial charge in [0, 0.05) is 35.1 Å². The van der Waals surface area contributed by atoms with Gasteiger partial charge in [-0.3, -0.25) is 24.5 Å². The summed E-state index contributed by atoms with van der Waals surface area (Å²) < 4.78 is 5.39. The minimum atomic E-state index is -1.49. The Labute approximate surface area is 246 Å². The smallest absolute Gasteiger partial charge is 0.269 e. The number of non-ortho nitro benzene ring substituents is 1. The molecule has 1 N–H and O–H groups in total. The Morgan fingerprint density at radius 2 is 1.65 bits per heavy atom. The molecule has 0 unspecified atom stereocenters. The van der Waals surface area contributed by atoms with Gasteiger partial charge in [-0.25, -0.2) is 0 Å². The van der Waals surface area contributed by atoms with Crippen molar-refractivity contribution in [1.29, 1.82) is 0 Å². The molecule has 1 spiro atoms. The highest BCUT2D eigenvalue weighted by atomic mass is 16.6. The molecule has 0 bridgehead atoms. The molecule has 0 radical (unpaired) electrons. The van der Waals surface area contributed by atoms with Crippen molar-refractivity contribution in [1.82, 2.24) is 4.90 Å². The molecular formula is C34H25N3O6. The Morgan fingerprint density at radius 1 is 0.907 bits per heavy atom. The van der Waals surface area contributed by atoms with Gasteiger partial charge in [0.25, 0.3) is 5.69 Å². The average molecular weight is 572 g/mol. The molecule has 4 atom stereocenters. The Balaban J connectivity index is 1.51. The lowest BCUT2D eigenvalue weighted by Gasteiger charge is -2.38. The SMILES string of the molecule is COc1cccc(C(=O)[C@H]2[C@H](C(=O)c3ccc([N+](=O)[O-])cc3)[C@]3(C(=O)Nc4ccccc43)[C@H]3c4ccccc4C=CN23)c1. The number of fused-ring (bicyclic) bond motifs is 6. The normalized spacial score (nSPS) is 22.9. The molecule has 43 heavy (non-hydrogen) atoms. The zero-order valence-corrected chi connectivity index (χ0v) is 23.0. The highest BCUT2D eigenvalue weighted by Crippen LogP contribution is 2.62. The molecule has 1 saturated heterocycles. The molecule has 7 rings (SSSR count). The molecule has 9 heteroatoms. The molecule has 3 aliphatic heterocycles. The Kier molecular flexibility index (Phi) is 5.98. The summed E-state index contributed by atoms with van der Waals surface area (Å²) in [6.07, 6.45) is 3.69. The van der Waals surface area contributed by atoms with Gasteiger partial charge in [0.2, 0.25) is 5.91 Å². The fourth-order valence-electron chi connectivity index (χ4n) is 7.04. The number of carbonyl (C=O) groups is 3. The van der Waals surface area contributed by atoms with Crippen LogP contribution in [0.5, 0.6) is 5.75 Å². The van der Waals surface area contributed by atoms with Crippen LogP contribution in [0.2, 0.25) is 0 Å². The number of Topliss-reactive ketones (excluding diaryl/α,β-unsaturated/α-hetero) is 2. The highest BCUT2D eigenvalue weighted by Gasteiger charge is 2.70. The van der Waals surface area contributed by atoms with Gasteiger partial charge in [-0.05, 0) is 53.1 Å². The van der Waals surface area contributed by atoms with Crippen LogP contribution < -0.4 is 10.1 Å². The van der Waals surface area contributed by atoms with Crippen LogP contribution in [0.15, 0.2) is 103 Å². The number of ketones is 2. The molecule has 9 nitrogen and oxygen atoms in total. The van der Waals surface area contributed by atoms with E-state index in [1.165, 1.54) is 31.4 Å². The number of ether oxygens (including phenoxy) is 1. The minimum Gasteiger partial charge on any atom is -0.497 e. The van der Waals surface area contributed by atoms with E-state index in [4.69, 9.17) is 4.74 Å². The van der Waals surface area contributed by atoms with Gasteiger partial charge in [-0.15, -0.1) is 0 Å². The van der Waals surface area contributed by atoms with Crippen molar-refractivity contribution in [3.8, 4) is 5.75 Å². The predicted molar refractivity (Wildman–Crippen MR) is 159 cm³/mol. The molecule has 3 aliphatic rings. The van der Waals surface area contributed by atoms with Crippen LogP contribution >= 0.6 is 0 Å². The average Bonchev–Trinajstić information content (AvgIpc) is 3.52. The quantitative estimate of drug-likeness (QED) is 0.182. The first-order chi connectivity index (χ1) is 20.9. The third-order valence-electron chi connectivity index (χ3n) is 8.84. The summed E-state index contributed by atoms with van der Waals surface area (Å²) in [7, 11) is 1.51. The number of nitrogens with one attached hydrogen (secondary N) is 1. The summed E-state index contributed by atoms with van der Waals surface area (Å²) in [6, 6.07) is 25.2. The second kappa shape index (κ2) is 9.77. The van der Waals surface area contributed by atoms with Crippen LogP contribution in [0.25, 0.3) is 6.08 Å². The van der Waals surface area contributed by atoms with Crippen molar-refractivity contribution in [2.75, 3.05) is 12.4 Å². The second-order valence-electron chi connectivity index (χ2n) is 10.9. The van der Waals surface area contributed by atoms with E-state index in [1.54, 1.807) is 36.5 Å². The molecule has 1 amide bonds. The summed E-state index contributed by atoms with van der Waals surface area (Å²) in [5, 5.41) is 14.4. The molecule has 4 aromatic carbocycles. The first-order valence-corrected chi connectivity index (χ1v) is 13.8. The first-order valence-electron chi connectivity index (χ1n) is 13.8. The maximum atomic E-state index is 14.8. The van der Waals surface area contributed by atoms with Crippen molar-refractivity contribution < 1.29 is 24.0 Å². The topological polar surface area (TPSA) is 119 Å². The second-order valence-corrected chi connectivity index (χ2v) is 10.9. The largest absolute Gasteiger partial charge is 0.497 e. The number of para-hydroxylation sites is 1. The predicted octanol–water partition coefficient (Wildman–Crippen LogP) is 5.59. The van der Waals surface area contributed by atoms with E-state index >= 15 is 0 Å². The highest BCUT2D eigenvalue weighted by molar-refractivity contribution is 6.16. The maximum Gasteiger partial charge on any atom is 0.269 e. The minimum absolute atomic E-state index is 0.167. The number of benzene rings is 4. The monoisotopic (exact) mass is 571 g/mol. The van der Waals surface area contributed by atoms with E-state index < -0.39 is 34.1 Å². The van der Waals surface area contributed by atoms with E-state index in [2.05, 4.69) is 5.32 Å². The number of nitro groups is 1. The van der Waals surface area contributed by atoms with Gasteiger partial charge >= 0.3 is 0 Å². The van der Waals surface area contributed by atoms with E-state index in [0.717, 1.165) is 11.1 Å². The van der Waals surface area contributed by atoms with Crippen molar-refractivity contribution in [2.45, 2.75) is 17.5 Å². The zero-order chi connectivity index (χ0) is 29.9. The molecule has 3 heterocycles. The van der Waals surface area contributed by atoms with E-state index in [9.17, 15) is 24.5 Å². The first kappa shape index (κ1) is 26.3. The van der Waals surface area contributed by atoms with E-state index in [1.807, 2.05) is 53.4 Å². The van der Waals surface area contributed by atoms with Crippen molar-refractivity contribution in [3.05, 3.63) is 141 Å². The van der Waals surface area contributed by atoms with Gasteiger partial charge in [0.1, 0.15) is 17.2 Å². The number of hydrogen-bond donors (Lipinski definition) is 1. The molecule has 4 aromatic rings. The number of methoxy groups -OCH3 is 1. The third kappa shape index (κ3) is 3.74. The molecule has 0 saturated carbocycles. The number of hydrogen-bond acceptors (Lipinski definition) is 7. The van der Waals surface area contributed by atoms with Crippen molar-refractivity contribution >= 4 is 34.9 Å². The molecule has 0 aromatic heterocycles. The lowest BCUT2D eigenvalue weighted by atomic mass is 9.62. The van der Waals surface area contributed by atoms with Crippen molar-refractivity contribution in [3.63, 3.8) is 0 Å². The number of nitro benzene ring substituents is 1. The van der Waals surface area contributed by atoms with Crippen LogP contribution in [0.3, 0.4) is 0 Å². The number of nitrogens with zero attached hydrogens (tertiary/aromatic N) is 2. The molecular weight excluding hydrogens is 546 g/mol. The van der Waals surface area contributed by atoms with Crippen LogP contribution in [-0.2, 0) is 10.2 Å². The lowest BCUT2D eigenvalue weighted by molar-refractivity contribution is -0.384. The Morgan fingerprint density at radius 3 is 2.42 bits per heavy atom. The summed E-state index contributed by atoms with van der Waals surface area (Å²) in [6.45, 7) is 0. The van der Waals surface area contributed by atoms with Crippen LogP contribution in [0, 0.1) is 16.0 Å². The Bertz CT molecular complexity index is 1870. The van der Waals surface area contributed by atoms with Crippen LogP contribution in [0.1, 0.15) is 43.4 Å². The standard InChI is InChI=1S/C34H25N3O6/c1-43-24-9-6-8-22(19-24)31(39)29-28(30(38)21-13-15-23(16-14-21)37(41)42)34(26-11-4-5-12-27(26)35-33(34)40)32-25-10-3-2-7-20(25)17-18-36(29)32/h2-19,28-29,32H,1H3,(H,35,40)/t28-,29-,32-,34+/m1/s1. The fourth-order valence-corrected chi connectivity index (χ4v) is 7.04. The number of rotatable bonds is 6. The van der Waals surface area contributed by atoms with Crippen LogP contribution in [-0.4, -0.2) is 40.4 Å². The number of amides is 1. The molecule has 0 aliphatic carbocycles. The molecule has 212 valence electrons. The molecule has 1 fully saturated rings. The van der Waals surface area contributed by atoms with E-state index in [-0.39, 0.29) is 22.9 Å². The fraction of sp³-hybridized carbons (Fsp3) is 0.147. The summed E-state index contributed by atoms with van der Waals surface area (Å²) in [4.78, 5) is 56.6. The van der Waals surface area contributed by atoms with Crippen LogP contribution in [0.4, 0.5) is 11.4 Å². The lowest BCUT2D eigenvalue weighted by Crippen LogP contribution is -2.49. The number of carbonyl (C=O) groups excluding carboxylic acids is 3. The van der Waals surface area contributed by atoms with Gasteiger partial charge in [-0.1, -0.05) is 54.6 Å².